The lowest BCUT2D eigenvalue weighted by atomic mass is 9.83. The standard InChI is InChI=1S/C22H20N5O4/c1-22-20-17(16-4-2-3-5-18(16)24-20)10-11-25(22)19(28)13-26(21(22)29)23-12-14-6-8-15(9-7-14)27(30)31/h2-9,12,23-24H,10-11,13H2,1H3/q-1/t22-/m1/s1. The fraction of sp³-hybridized carbons (Fsp3) is 0.227. The molecule has 3 aliphatic rings. The van der Waals surface area contributed by atoms with Crippen molar-refractivity contribution < 1.29 is 14.5 Å². The van der Waals surface area contributed by atoms with E-state index in [9.17, 15) is 20.0 Å². The van der Waals surface area contributed by atoms with Gasteiger partial charge >= 0.3 is 0 Å². The fourth-order valence-electron chi connectivity index (χ4n) is 4.56. The largest absolute Gasteiger partial charge is 0.612 e. The van der Waals surface area contributed by atoms with Gasteiger partial charge in [0.2, 0.25) is 11.6 Å². The number of nitrogens with one attached hydrogen (secondary N) is 2. The molecule has 1 fully saturated rings. The first-order valence-corrected chi connectivity index (χ1v) is 9.96. The quantitative estimate of drug-likeness (QED) is 0.567. The molecule has 2 aliphatic heterocycles. The van der Waals surface area contributed by atoms with Gasteiger partial charge in [-0.05, 0) is 42.7 Å². The molecule has 9 nitrogen and oxygen atoms in total. The molecule has 1 aromatic heterocycles. The maximum Gasteiger partial charge on any atom is 0.273 e. The van der Waals surface area contributed by atoms with Crippen molar-refractivity contribution in [3.8, 4) is 0 Å². The average molecular weight is 418 g/mol. The number of carbonyl (C=O) groups excluding carboxylic acids is 2. The molecular weight excluding hydrogens is 398 g/mol. The molecule has 1 aromatic carbocycles. The van der Waals surface area contributed by atoms with Gasteiger partial charge in [-0.2, -0.15) is 4.90 Å². The summed E-state index contributed by atoms with van der Waals surface area (Å²) in [7, 11) is 0. The lowest BCUT2D eigenvalue weighted by molar-refractivity contribution is -0.377. The lowest BCUT2D eigenvalue weighted by Gasteiger charge is -2.49. The predicted octanol–water partition coefficient (Wildman–Crippen LogP) is 1.57. The topological polar surface area (TPSA) is 118 Å². The van der Waals surface area contributed by atoms with Crippen molar-refractivity contribution >= 4 is 28.4 Å². The molecule has 2 aromatic rings. The molecule has 0 radical (unpaired) electrons. The Bertz CT molecular complexity index is 1220. The first-order chi connectivity index (χ1) is 14.9. The summed E-state index contributed by atoms with van der Waals surface area (Å²) in [6.07, 6.45) is 8.17. The Hall–Kier alpha value is -4.01. The van der Waals surface area contributed by atoms with E-state index >= 15 is 0 Å². The normalized spacial score (nSPS) is 22.6. The van der Waals surface area contributed by atoms with E-state index in [0.29, 0.717) is 18.5 Å². The fourth-order valence-corrected chi connectivity index (χ4v) is 4.56. The van der Waals surface area contributed by atoms with Crippen LogP contribution in [0.25, 0.3) is 10.9 Å². The number of hydrogen-bond donors (Lipinski definition) is 2. The van der Waals surface area contributed by atoms with Crippen LogP contribution in [-0.4, -0.2) is 50.4 Å². The minimum atomic E-state index is -1.14. The maximum atomic E-state index is 13.6. The average Bonchev–Trinajstić information content (AvgIpc) is 3.16. The van der Waals surface area contributed by atoms with Gasteiger partial charge in [0.25, 0.3) is 5.91 Å². The minimum Gasteiger partial charge on any atom is -0.612 e. The molecule has 2 amide bonds. The number of benzene rings is 1. The first kappa shape index (κ1) is 19.0. The van der Waals surface area contributed by atoms with Crippen LogP contribution in [0.4, 0.5) is 0 Å². The summed E-state index contributed by atoms with van der Waals surface area (Å²) in [6, 6.07) is 7.89. The van der Waals surface area contributed by atoms with Crippen LogP contribution in [-0.2, 0) is 21.5 Å². The third-order valence-electron chi connectivity index (χ3n) is 6.17. The molecule has 158 valence electrons. The number of allylic oxidation sites excluding steroid dienone is 5. The number of piperazine rings is 1. The molecule has 2 N–H and O–H groups in total. The van der Waals surface area contributed by atoms with Crippen molar-refractivity contribution in [2.75, 3.05) is 13.1 Å². The Morgan fingerprint density at radius 1 is 1.16 bits per heavy atom. The van der Waals surface area contributed by atoms with E-state index in [2.05, 4.69) is 10.4 Å². The number of hydrogen-bond acceptors (Lipinski definition) is 5. The van der Waals surface area contributed by atoms with Crippen molar-refractivity contribution in [1.29, 1.82) is 0 Å². The third-order valence-corrected chi connectivity index (χ3v) is 6.17. The molecule has 0 bridgehead atoms. The molecule has 1 saturated heterocycles. The smallest absolute Gasteiger partial charge is 0.273 e. The second-order valence-electron chi connectivity index (χ2n) is 7.91. The summed E-state index contributed by atoms with van der Waals surface area (Å²) in [5.41, 5.74) is 5.17. The highest BCUT2D eigenvalue weighted by atomic mass is 16.8. The van der Waals surface area contributed by atoms with E-state index < -0.39 is 10.4 Å². The molecular formula is C22H20N5O4-. The molecule has 9 heteroatoms. The zero-order valence-corrected chi connectivity index (χ0v) is 16.8. The Morgan fingerprint density at radius 2 is 1.90 bits per heavy atom. The van der Waals surface area contributed by atoms with Crippen LogP contribution in [0, 0.1) is 10.4 Å². The minimum absolute atomic E-state index is 0.0157. The van der Waals surface area contributed by atoms with Crippen LogP contribution in [0.3, 0.4) is 0 Å². The van der Waals surface area contributed by atoms with Crippen LogP contribution < -0.4 is 5.43 Å². The Labute approximate surface area is 177 Å². The van der Waals surface area contributed by atoms with E-state index in [4.69, 9.17) is 0 Å². The van der Waals surface area contributed by atoms with Crippen molar-refractivity contribution in [3.05, 3.63) is 82.0 Å². The van der Waals surface area contributed by atoms with Gasteiger partial charge in [-0.3, -0.25) is 9.59 Å². The van der Waals surface area contributed by atoms with E-state index in [1.807, 2.05) is 24.3 Å². The third kappa shape index (κ3) is 2.81. The lowest BCUT2D eigenvalue weighted by Crippen LogP contribution is -2.68. The number of rotatable bonds is 2. The molecule has 3 heterocycles. The number of amides is 2. The highest BCUT2D eigenvalue weighted by Gasteiger charge is 2.54. The van der Waals surface area contributed by atoms with Gasteiger partial charge in [0.05, 0.1) is 5.69 Å². The van der Waals surface area contributed by atoms with Crippen molar-refractivity contribution in [1.82, 2.24) is 20.3 Å². The highest BCUT2D eigenvalue weighted by molar-refractivity contribution is 6.02. The molecule has 1 aliphatic carbocycles. The SMILES string of the molecule is C[C@@]12C(=O)N(NC=C3C=CC(=[N+]([O-])[O-])C=C3)CC(=O)N1CCc1c2[nH]c2ccccc12. The maximum absolute atomic E-state index is 13.6. The zero-order valence-electron chi connectivity index (χ0n) is 16.8. The van der Waals surface area contributed by atoms with E-state index in [0.717, 1.165) is 22.2 Å². The van der Waals surface area contributed by atoms with Crippen molar-refractivity contribution in [2.45, 2.75) is 18.9 Å². The number of hydrazine groups is 1. The summed E-state index contributed by atoms with van der Waals surface area (Å²) in [4.78, 5) is 31.1. The number of H-pyrrole nitrogens is 1. The summed E-state index contributed by atoms with van der Waals surface area (Å²) in [5.74, 6) is -0.381. The Morgan fingerprint density at radius 3 is 2.65 bits per heavy atom. The Balaban J connectivity index is 1.47. The van der Waals surface area contributed by atoms with Crippen LogP contribution in [0.1, 0.15) is 18.2 Å². The van der Waals surface area contributed by atoms with E-state index in [1.54, 1.807) is 30.2 Å². The number of nitrogens with zero attached hydrogens (tertiary/aromatic N) is 3. The second-order valence-corrected chi connectivity index (χ2v) is 7.91. The van der Waals surface area contributed by atoms with Crippen LogP contribution in [0.2, 0.25) is 0 Å². The highest BCUT2D eigenvalue weighted by Crippen LogP contribution is 2.41. The molecule has 5 rings (SSSR count). The number of aromatic nitrogens is 1. The molecule has 31 heavy (non-hydrogen) atoms. The molecule has 0 saturated carbocycles. The number of aromatic amines is 1. The van der Waals surface area contributed by atoms with E-state index in [1.165, 1.54) is 17.2 Å². The van der Waals surface area contributed by atoms with Gasteiger partial charge in [0.1, 0.15) is 6.54 Å². The number of fused-ring (bicyclic) bond motifs is 5. The van der Waals surface area contributed by atoms with Gasteiger partial charge in [-0.25, -0.2) is 5.01 Å². The number of para-hydroxylation sites is 1. The van der Waals surface area contributed by atoms with Crippen LogP contribution in [0.5, 0.6) is 0 Å². The van der Waals surface area contributed by atoms with Crippen LogP contribution >= 0.6 is 0 Å². The summed E-state index contributed by atoms with van der Waals surface area (Å²) in [5, 5.41) is 24.0. The number of carbonyl (C=O) groups is 2. The van der Waals surface area contributed by atoms with Gasteiger partial charge < -0.3 is 25.7 Å². The second kappa shape index (κ2) is 6.76. The van der Waals surface area contributed by atoms with Gasteiger partial charge in [0, 0.05) is 35.8 Å². The van der Waals surface area contributed by atoms with Crippen LogP contribution in [0.15, 0.2) is 60.3 Å². The molecule has 0 spiro atoms. The summed E-state index contributed by atoms with van der Waals surface area (Å²) < 4.78 is 0. The van der Waals surface area contributed by atoms with Gasteiger partial charge in [-0.15, -0.1) is 0 Å². The monoisotopic (exact) mass is 418 g/mol. The van der Waals surface area contributed by atoms with Crippen molar-refractivity contribution in [3.63, 3.8) is 0 Å². The first-order valence-electron chi connectivity index (χ1n) is 9.96. The zero-order chi connectivity index (χ0) is 21.8. The Kier molecular flexibility index (Phi) is 4.14. The van der Waals surface area contributed by atoms with E-state index in [-0.39, 0.29) is 24.1 Å². The summed E-state index contributed by atoms with van der Waals surface area (Å²) >= 11 is 0. The molecule has 0 unspecified atom stereocenters. The van der Waals surface area contributed by atoms with Gasteiger partial charge in [0.15, 0.2) is 5.54 Å². The predicted molar refractivity (Wildman–Crippen MR) is 114 cm³/mol. The summed E-state index contributed by atoms with van der Waals surface area (Å²) in [6.45, 7) is 2.17. The van der Waals surface area contributed by atoms with Gasteiger partial charge in [-0.1, -0.05) is 18.2 Å². The molecule has 1 atom stereocenters. The van der Waals surface area contributed by atoms with Crippen molar-refractivity contribution in [2.24, 2.45) is 0 Å².